The molecule has 0 N–H and O–H groups in total. The van der Waals surface area contributed by atoms with E-state index in [9.17, 15) is 8.42 Å². The first-order valence-corrected chi connectivity index (χ1v) is 6.37. The first-order valence-electron chi connectivity index (χ1n) is 4.54. The van der Waals surface area contributed by atoms with Crippen molar-refractivity contribution in [2.45, 2.75) is 6.42 Å². The van der Waals surface area contributed by atoms with Crippen LogP contribution in [0.1, 0.15) is 6.42 Å². The summed E-state index contributed by atoms with van der Waals surface area (Å²) in [6.45, 7) is 0. The van der Waals surface area contributed by atoms with Crippen LogP contribution in [0, 0.1) is 23.7 Å². The number of rotatable bonds is 0. The first kappa shape index (κ1) is 7.13. The number of hydrogen-bond acceptors (Lipinski definition) is 2. The van der Waals surface area contributed by atoms with Gasteiger partial charge in [-0.2, -0.15) is 0 Å². The Kier molecular flexibility index (Phi) is 1.16. The quantitative estimate of drug-likeness (QED) is 0.523. The smallest absolute Gasteiger partial charge is 0.150 e. The molecule has 2 aliphatic carbocycles. The molecule has 4 atom stereocenters. The molecule has 3 aliphatic rings. The highest BCUT2D eigenvalue weighted by atomic mass is 32.2. The minimum absolute atomic E-state index is 0.461. The Bertz CT molecular complexity index is 316. The standard InChI is InChI=1S/C9H12O2S/c10-12(11)4-8-6-1-2-7(3-6)9(8)5-12/h1-2,6-9H,3-5H2/t6-,7-,8-,9+/m0/s1. The predicted octanol–water partition coefficient (Wildman–Crippen LogP) is 0.853. The van der Waals surface area contributed by atoms with Gasteiger partial charge < -0.3 is 0 Å². The van der Waals surface area contributed by atoms with Gasteiger partial charge in [0.15, 0.2) is 9.84 Å². The van der Waals surface area contributed by atoms with Crippen LogP contribution >= 0.6 is 0 Å². The third-order valence-electron chi connectivity index (χ3n) is 3.69. The average Bonchev–Trinajstić information content (AvgIpc) is 2.54. The lowest BCUT2D eigenvalue weighted by Crippen LogP contribution is -2.16. The molecular formula is C9H12O2S. The van der Waals surface area contributed by atoms with Crippen molar-refractivity contribution in [2.24, 2.45) is 23.7 Å². The lowest BCUT2D eigenvalue weighted by Gasteiger charge is -2.17. The van der Waals surface area contributed by atoms with Gasteiger partial charge in [-0.15, -0.1) is 0 Å². The number of hydrogen-bond donors (Lipinski definition) is 0. The molecule has 0 aromatic heterocycles. The fourth-order valence-corrected chi connectivity index (χ4v) is 5.47. The molecule has 0 spiro atoms. The van der Waals surface area contributed by atoms with Gasteiger partial charge in [-0.05, 0) is 30.1 Å². The highest BCUT2D eigenvalue weighted by molar-refractivity contribution is 7.91. The molecule has 1 heterocycles. The number of allylic oxidation sites excluding steroid dienone is 2. The second-order valence-corrected chi connectivity index (χ2v) is 6.51. The van der Waals surface area contributed by atoms with E-state index in [4.69, 9.17) is 0 Å². The van der Waals surface area contributed by atoms with Crippen molar-refractivity contribution in [3.63, 3.8) is 0 Å². The van der Waals surface area contributed by atoms with E-state index in [2.05, 4.69) is 12.2 Å². The van der Waals surface area contributed by atoms with Crippen LogP contribution in [0.2, 0.25) is 0 Å². The Morgan fingerprint density at radius 1 is 1.00 bits per heavy atom. The second kappa shape index (κ2) is 1.95. The van der Waals surface area contributed by atoms with Gasteiger partial charge in [0.25, 0.3) is 0 Å². The molecule has 0 amide bonds. The van der Waals surface area contributed by atoms with E-state index in [0.717, 1.165) is 0 Å². The van der Waals surface area contributed by atoms with Crippen LogP contribution in [-0.4, -0.2) is 19.9 Å². The molecule has 0 radical (unpaired) electrons. The van der Waals surface area contributed by atoms with E-state index >= 15 is 0 Å². The van der Waals surface area contributed by atoms with Crippen molar-refractivity contribution in [1.82, 2.24) is 0 Å². The Morgan fingerprint density at radius 2 is 1.50 bits per heavy atom. The molecule has 2 nitrogen and oxygen atoms in total. The molecule has 3 heteroatoms. The van der Waals surface area contributed by atoms with Gasteiger partial charge in [-0.25, -0.2) is 8.42 Å². The number of fused-ring (bicyclic) bond motifs is 5. The molecule has 12 heavy (non-hydrogen) atoms. The maximum Gasteiger partial charge on any atom is 0.150 e. The van der Waals surface area contributed by atoms with Crippen molar-refractivity contribution >= 4 is 9.84 Å². The largest absolute Gasteiger partial charge is 0.229 e. The Morgan fingerprint density at radius 3 is 2.00 bits per heavy atom. The zero-order valence-corrected chi connectivity index (χ0v) is 7.63. The summed E-state index contributed by atoms with van der Waals surface area (Å²) in [5, 5.41) is 0. The van der Waals surface area contributed by atoms with Gasteiger partial charge in [0.1, 0.15) is 0 Å². The first-order chi connectivity index (χ1) is 5.66. The highest BCUT2D eigenvalue weighted by Crippen LogP contribution is 2.51. The minimum Gasteiger partial charge on any atom is -0.229 e. The molecule has 0 unspecified atom stereocenters. The number of sulfone groups is 1. The van der Waals surface area contributed by atoms with Crippen LogP contribution in [0.3, 0.4) is 0 Å². The monoisotopic (exact) mass is 184 g/mol. The molecule has 2 fully saturated rings. The fourth-order valence-electron chi connectivity index (χ4n) is 3.18. The van der Waals surface area contributed by atoms with Gasteiger partial charge in [0.05, 0.1) is 11.5 Å². The third kappa shape index (κ3) is 0.777. The lowest BCUT2D eigenvalue weighted by atomic mass is 9.86. The molecule has 1 saturated carbocycles. The summed E-state index contributed by atoms with van der Waals surface area (Å²) < 4.78 is 22.7. The molecule has 0 aromatic rings. The molecule has 1 aliphatic heterocycles. The van der Waals surface area contributed by atoms with Crippen molar-refractivity contribution in [1.29, 1.82) is 0 Å². The Hall–Kier alpha value is -0.310. The van der Waals surface area contributed by atoms with Gasteiger partial charge in [0, 0.05) is 0 Å². The van der Waals surface area contributed by atoms with Gasteiger partial charge in [0.2, 0.25) is 0 Å². The van der Waals surface area contributed by atoms with Crippen LogP contribution in [0.4, 0.5) is 0 Å². The summed E-state index contributed by atoms with van der Waals surface area (Å²) >= 11 is 0. The zero-order chi connectivity index (χ0) is 8.34. The molecule has 1 saturated heterocycles. The summed E-state index contributed by atoms with van der Waals surface area (Å²) in [4.78, 5) is 0. The SMILES string of the molecule is O=S1(=O)C[C@@H]2[C@H](C1)[C@H]1C=C[C@H]2C1. The van der Waals surface area contributed by atoms with Crippen LogP contribution in [-0.2, 0) is 9.84 Å². The van der Waals surface area contributed by atoms with Gasteiger partial charge >= 0.3 is 0 Å². The molecule has 66 valence electrons. The van der Waals surface area contributed by atoms with E-state index in [0.29, 0.717) is 35.2 Å². The fraction of sp³-hybridized carbons (Fsp3) is 0.778. The second-order valence-electron chi connectivity index (χ2n) is 4.35. The average molecular weight is 184 g/mol. The van der Waals surface area contributed by atoms with E-state index in [1.807, 2.05) is 0 Å². The van der Waals surface area contributed by atoms with Crippen LogP contribution < -0.4 is 0 Å². The molecule has 0 aromatic carbocycles. The summed E-state index contributed by atoms with van der Waals surface area (Å²) in [5.41, 5.74) is 0. The van der Waals surface area contributed by atoms with Crippen molar-refractivity contribution < 1.29 is 8.42 Å². The normalized spacial score (nSPS) is 53.0. The zero-order valence-electron chi connectivity index (χ0n) is 6.81. The highest BCUT2D eigenvalue weighted by Gasteiger charge is 2.51. The van der Waals surface area contributed by atoms with Gasteiger partial charge in [-0.3, -0.25) is 0 Å². The lowest BCUT2D eigenvalue weighted by molar-refractivity contribution is 0.395. The van der Waals surface area contributed by atoms with Crippen LogP contribution in [0.15, 0.2) is 12.2 Å². The Balaban J connectivity index is 2.01. The van der Waals surface area contributed by atoms with E-state index in [-0.39, 0.29) is 0 Å². The predicted molar refractivity (Wildman–Crippen MR) is 46.4 cm³/mol. The topological polar surface area (TPSA) is 34.1 Å². The third-order valence-corrected chi connectivity index (χ3v) is 5.48. The summed E-state index contributed by atoms with van der Waals surface area (Å²) in [6.07, 6.45) is 5.68. The van der Waals surface area contributed by atoms with Gasteiger partial charge in [-0.1, -0.05) is 12.2 Å². The summed E-state index contributed by atoms with van der Waals surface area (Å²) in [7, 11) is -2.67. The van der Waals surface area contributed by atoms with Crippen LogP contribution in [0.5, 0.6) is 0 Å². The van der Waals surface area contributed by atoms with Crippen molar-refractivity contribution in [3.8, 4) is 0 Å². The van der Waals surface area contributed by atoms with E-state index in [1.54, 1.807) is 0 Å². The molecule has 3 rings (SSSR count). The Labute approximate surface area is 72.6 Å². The van der Waals surface area contributed by atoms with Crippen molar-refractivity contribution in [3.05, 3.63) is 12.2 Å². The maximum absolute atomic E-state index is 11.3. The minimum atomic E-state index is -2.67. The summed E-state index contributed by atoms with van der Waals surface area (Å²) in [6, 6.07) is 0. The van der Waals surface area contributed by atoms with E-state index in [1.165, 1.54) is 6.42 Å². The summed E-state index contributed by atoms with van der Waals surface area (Å²) in [5.74, 6) is 3.07. The maximum atomic E-state index is 11.3. The molecule has 2 bridgehead atoms. The van der Waals surface area contributed by atoms with E-state index < -0.39 is 9.84 Å². The molecular weight excluding hydrogens is 172 g/mol. The van der Waals surface area contributed by atoms with Crippen LogP contribution in [0.25, 0.3) is 0 Å². The van der Waals surface area contributed by atoms with Crippen molar-refractivity contribution in [2.75, 3.05) is 11.5 Å².